The van der Waals surface area contributed by atoms with E-state index in [1.54, 1.807) is 36.2 Å². The zero-order chi connectivity index (χ0) is 19.6. The number of carbonyl (C=O) groups is 1. The third kappa shape index (κ3) is 3.78. The molecule has 0 saturated heterocycles. The summed E-state index contributed by atoms with van der Waals surface area (Å²) in [6.45, 7) is 5.11. The van der Waals surface area contributed by atoms with Crippen LogP contribution < -0.4 is 14.5 Å². The Morgan fingerprint density at radius 3 is 2.70 bits per heavy atom. The summed E-state index contributed by atoms with van der Waals surface area (Å²) in [5, 5.41) is 2.87. The molecule has 0 spiro atoms. The van der Waals surface area contributed by atoms with E-state index in [9.17, 15) is 13.2 Å². The molecule has 2 aromatic rings. The largest absolute Gasteiger partial charge is 0.338 e. The molecular weight excluding hydrogens is 362 g/mol. The lowest BCUT2D eigenvalue weighted by atomic mass is 10.2. The Kier molecular flexibility index (Phi) is 5.41. The van der Waals surface area contributed by atoms with Crippen molar-refractivity contribution >= 4 is 27.4 Å². The van der Waals surface area contributed by atoms with Gasteiger partial charge in [0, 0.05) is 25.8 Å². The number of carbonyl (C=O) groups excluding carboxylic acids is 1. The van der Waals surface area contributed by atoms with E-state index in [2.05, 4.69) is 5.32 Å². The summed E-state index contributed by atoms with van der Waals surface area (Å²) in [5.74, 6) is 0. The normalized spacial score (nSPS) is 13.4. The Morgan fingerprint density at radius 1 is 1.22 bits per heavy atom. The van der Waals surface area contributed by atoms with Gasteiger partial charge in [-0.15, -0.1) is 0 Å². The van der Waals surface area contributed by atoms with E-state index in [0.29, 0.717) is 25.2 Å². The quantitative estimate of drug-likeness (QED) is 0.856. The predicted octanol–water partition coefficient (Wildman–Crippen LogP) is 3.30. The lowest BCUT2D eigenvalue weighted by Crippen LogP contribution is -2.39. The number of nitrogens with zero attached hydrogens (tertiary/aromatic N) is 2. The molecule has 1 heterocycles. The van der Waals surface area contributed by atoms with E-state index in [-0.39, 0.29) is 10.9 Å². The highest BCUT2D eigenvalue weighted by Crippen LogP contribution is 2.32. The van der Waals surface area contributed by atoms with Crippen LogP contribution in [0.4, 0.5) is 16.2 Å². The number of sulfonamides is 1. The standard InChI is InChI=1S/C20H25N3O3S/c1-4-11-21-20(24)23-12-10-16-14-18(8-9-19(16)23)27(25,26)22(3)17-7-5-6-15(2)13-17/h5-9,13-14H,4,10-12H2,1-3H3,(H,21,24). The fourth-order valence-corrected chi connectivity index (χ4v) is 4.44. The number of fused-ring (bicyclic) bond motifs is 1. The first-order valence-electron chi connectivity index (χ1n) is 9.08. The molecule has 0 radical (unpaired) electrons. The van der Waals surface area contributed by atoms with Crippen LogP contribution in [0.25, 0.3) is 0 Å². The lowest BCUT2D eigenvalue weighted by Gasteiger charge is -2.21. The highest BCUT2D eigenvalue weighted by molar-refractivity contribution is 7.92. The Labute approximate surface area is 160 Å². The van der Waals surface area contributed by atoms with E-state index in [1.165, 1.54) is 4.31 Å². The Bertz CT molecular complexity index is 957. The van der Waals surface area contributed by atoms with E-state index in [1.807, 2.05) is 32.0 Å². The number of urea groups is 1. The molecule has 0 aromatic heterocycles. The molecule has 0 fully saturated rings. The summed E-state index contributed by atoms with van der Waals surface area (Å²) in [6, 6.07) is 12.2. The number of nitrogens with one attached hydrogen (secondary N) is 1. The number of hydrogen-bond donors (Lipinski definition) is 1. The van der Waals surface area contributed by atoms with Crippen molar-refractivity contribution < 1.29 is 13.2 Å². The fourth-order valence-electron chi connectivity index (χ4n) is 3.20. The Morgan fingerprint density at radius 2 is 2.00 bits per heavy atom. The smallest absolute Gasteiger partial charge is 0.321 e. The third-order valence-electron chi connectivity index (χ3n) is 4.74. The molecule has 1 aliphatic heterocycles. The number of aryl methyl sites for hydroxylation is 1. The van der Waals surface area contributed by atoms with Gasteiger partial charge in [0.15, 0.2) is 0 Å². The van der Waals surface area contributed by atoms with Crippen LogP contribution in [0.15, 0.2) is 47.4 Å². The SMILES string of the molecule is CCCNC(=O)N1CCc2cc(S(=O)(=O)N(C)c3cccc(C)c3)ccc21. The maximum Gasteiger partial charge on any atom is 0.321 e. The van der Waals surface area contributed by atoms with Crippen LogP contribution in [0, 0.1) is 6.92 Å². The molecule has 2 amide bonds. The van der Waals surface area contributed by atoms with Gasteiger partial charge in [0.05, 0.1) is 10.6 Å². The van der Waals surface area contributed by atoms with Crippen LogP contribution >= 0.6 is 0 Å². The first-order chi connectivity index (χ1) is 12.8. The molecule has 144 valence electrons. The second kappa shape index (κ2) is 7.60. The third-order valence-corrected chi connectivity index (χ3v) is 6.52. The van der Waals surface area contributed by atoms with Gasteiger partial charge in [-0.1, -0.05) is 19.1 Å². The maximum atomic E-state index is 13.0. The van der Waals surface area contributed by atoms with Crippen molar-refractivity contribution in [3.05, 3.63) is 53.6 Å². The summed E-state index contributed by atoms with van der Waals surface area (Å²) in [6.07, 6.45) is 1.52. The summed E-state index contributed by atoms with van der Waals surface area (Å²) >= 11 is 0. The van der Waals surface area contributed by atoms with E-state index >= 15 is 0 Å². The van der Waals surface area contributed by atoms with Crippen molar-refractivity contribution in [2.45, 2.75) is 31.6 Å². The van der Waals surface area contributed by atoms with Gasteiger partial charge in [0.1, 0.15) is 0 Å². The molecule has 0 aliphatic carbocycles. The molecular formula is C20H25N3O3S. The molecule has 0 bridgehead atoms. The predicted molar refractivity (Wildman–Crippen MR) is 108 cm³/mol. The highest BCUT2D eigenvalue weighted by atomic mass is 32.2. The molecule has 1 aliphatic rings. The molecule has 0 unspecified atom stereocenters. The van der Waals surface area contributed by atoms with E-state index in [4.69, 9.17) is 0 Å². The minimum atomic E-state index is -3.67. The Hall–Kier alpha value is -2.54. The average molecular weight is 388 g/mol. The number of hydrogen-bond acceptors (Lipinski definition) is 3. The molecule has 6 nitrogen and oxygen atoms in total. The molecule has 2 aromatic carbocycles. The van der Waals surface area contributed by atoms with Gasteiger partial charge in [-0.25, -0.2) is 13.2 Å². The maximum absolute atomic E-state index is 13.0. The van der Waals surface area contributed by atoms with Gasteiger partial charge in [-0.3, -0.25) is 9.21 Å². The summed E-state index contributed by atoms with van der Waals surface area (Å²) in [7, 11) is -2.11. The fraction of sp³-hybridized carbons (Fsp3) is 0.350. The molecule has 1 N–H and O–H groups in total. The Balaban J connectivity index is 1.87. The molecule has 0 atom stereocenters. The minimum Gasteiger partial charge on any atom is -0.338 e. The van der Waals surface area contributed by atoms with Gasteiger partial charge in [-0.05, 0) is 61.2 Å². The lowest BCUT2D eigenvalue weighted by molar-refractivity contribution is 0.247. The van der Waals surface area contributed by atoms with E-state index < -0.39 is 10.0 Å². The van der Waals surface area contributed by atoms with Crippen LogP contribution in [-0.2, 0) is 16.4 Å². The van der Waals surface area contributed by atoms with Crippen LogP contribution in [-0.4, -0.2) is 34.6 Å². The first kappa shape index (κ1) is 19.2. The molecule has 3 rings (SSSR count). The summed E-state index contributed by atoms with van der Waals surface area (Å²) < 4.78 is 27.4. The van der Waals surface area contributed by atoms with Gasteiger partial charge in [-0.2, -0.15) is 0 Å². The van der Waals surface area contributed by atoms with Crippen molar-refractivity contribution in [2.24, 2.45) is 0 Å². The number of rotatable bonds is 5. The van der Waals surface area contributed by atoms with Crippen molar-refractivity contribution in [1.29, 1.82) is 0 Å². The summed E-state index contributed by atoms with van der Waals surface area (Å²) in [5.41, 5.74) is 3.27. The first-order valence-corrected chi connectivity index (χ1v) is 10.5. The van der Waals surface area contributed by atoms with Crippen LogP contribution in [0.3, 0.4) is 0 Å². The van der Waals surface area contributed by atoms with Crippen molar-refractivity contribution in [3.63, 3.8) is 0 Å². The van der Waals surface area contributed by atoms with Crippen molar-refractivity contribution in [1.82, 2.24) is 5.32 Å². The molecule has 27 heavy (non-hydrogen) atoms. The molecule has 7 heteroatoms. The monoisotopic (exact) mass is 387 g/mol. The number of anilines is 2. The van der Waals surface area contributed by atoms with E-state index in [0.717, 1.165) is 23.2 Å². The number of benzene rings is 2. The van der Waals surface area contributed by atoms with Gasteiger partial charge < -0.3 is 5.32 Å². The van der Waals surface area contributed by atoms with Gasteiger partial charge in [0.2, 0.25) is 0 Å². The van der Waals surface area contributed by atoms with Gasteiger partial charge >= 0.3 is 6.03 Å². The number of amides is 2. The summed E-state index contributed by atoms with van der Waals surface area (Å²) in [4.78, 5) is 14.2. The van der Waals surface area contributed by atoms with Crippen LogP contribution in [0.5, 0.6) is 0 Å². The minimum absolute atomic E-state index is 0.136. The van der Waals surface area contributed by atoms with Crippen LogP contribution in [0.1, 0.15) is 24.5 Å². The van der Waals surface area contributed by atoms with Crippen LogP contribution in [0.2, 0.25) is 0 Å². The second-order valence-corrected chi connectivity index (χ2v) is 8.70. The van der Waals surface area contributed by atoms with Crippen molar-refractivity contribution in [3.8, 4) is 0 Å². The molecule has 0 saturated carbocycles. The zero-order valence-electron chi connectivity index (χ0n) is 15.9. The van der Waals surface area contributed by atoms with Crippen molar-refractivity contribution in [2.75, 3.05) is 29.3 Å². The second-order valence-electron chi connectivity index (χ2n) is 6.74. The van der Waals surface area contributed by atoms with Gasteiger partial charge in [0.25, 0.3) is 10.0 Å². The highest BCUT2D eigenvalue weighted by Gasteiger charge is 2.28. The average Bonchev–Trinajstić information content (AvgIpc) is 3.08. The zero-order valence-corrected chi connectivity index (χ0v) is 16.7. The topological polar surface area (TPSA) is 69.7 Å².